The van der Waals surface area contributed by atoms with Crippen molar-refractivity contribution in [1.82, 2.24) is 0 Å². The van der Waals surface area contributed by atoms with Gasteiger partial charge in [0.05, 0.1) is 14.2 Å². The van der Waals surface area contributed by atoms with Crippen LogP contribution in [-0.2, 0) is 0 Å². The minimum absolute atomic E-state index is 0.448. The van der Waals surface area contributed by atoms with E-state index in [2.05, 4.69) is 0 Å². The van der Waals surface area contributed by atoms with Crippen molar-refractivity contribution >= 4 is 0 Å². The second kappa shape index (κ2) is 4.81. The molecule has 0 radical (unpaired) electrons. The Balaban J connectivity index is 3.04. The Bertz CT molecular complexity index is 279. The van der Waals surface area contributed by atoms with E-state index in [0.717, 1.165) is 0 Å². The Hall–Kier alpha value is -1.29. The van der Waals surface area contributed by atoms with Gasteiger partial charge in [0.25, 0.3) is 0 Å². The number of ether oxygens (including phenoxy) is 2. The van der Waals surface area contributed by atoms with Gasteiger partial charge in [0, 0.05) is 6.07 Å². The first kappa shape index (κ1) is 10.8. The molecule has 0 aliphatic heterocycles. The van der Waals surface area contributed by atoms with Gasteiger partial charge in [-0.3, -0.25) is 0 Å². The van der Waals surface area contributed by atoms with E-state index in [0.29, 0.717) is 17.1 Å². The molecule has 0 aliphatic carbocycles. The summed E-state index contributed by atoms with van der Waals surface area (Å²) in [5.41, 5.74) is 0.448. The average Bonchev–Trinajstić information content (AvgIpc) is 2.27. The van der Waals surface area contributed by atoms with Crippen LogP contribution in [0.3, 0.4) is 0 Å². The van der Waals surface area contributed by atoms with Crippen molar-refractivity contribution in [2.75, 3.05) is 20.9 Å². The highest BCUT2D eigenvalue weighted by molar-refractivity contribution is 5.39. The van der Waals surface area contributed by atoms with Crippen molar-refractivity contribution in [2.24, 2.45) is 0 Å². The van der Waals surface area contributed by atoms with Crippen LogP contribution < -0.4 is 9.47 Å². The Morgan fingerprint density at radius 1 is 1.21 bits per heavy atom. The molecule has 78 valence electrons. The van der Waals surface area contributed by atoms with Crippen LogP contribution in [0, 0.1) is 0 Å². The van der Waals surface area contributed by atoms with E-state index in [1.807, 2.05) is 0 Å². The molecule has 1 N–H and O–H groups in total. The number of rotatable bonds is 4. The smallest absolute Gasteiger partial charge is 0.122 e. The van der Waals surface area contributed by atoms with Crippen molar-refractivity contribution in [3.8, 4) is 11.5 Å². The van der Waals surface area contributed by atoms with Crippen LogP contribution >= 0.6 is 0 Å². The quantitative estimate of drug-likeness (QED) is 0.804. The molecule has 1 unspecified atom stereocenters. The van der Waals surface area contributed by atoms with Gasteiger partial charge in [0.15, 0.2) is 0 Å². The highest BCUT2D eigenvalue weighted by Crippen LogP contribution is 2.26. The van der Waals surface area contributed by atoms with E-state index < -0.39 is 12.8 Å². The number of aliphatic hydroxyl groups is 1. The second-order valence-corrected chi connectivity index (χ2v) is 2.82. The molecule has 0 saturated carbocycles. The monoisotopic (exact) mass is 200 g/mol. The largest absolute Gasteiger partial charge is 0.497 e. The SMILES string of the molecule is COc1cc(OC)cc(C(O)CF)c1. The molecule has 0 saturated heterocycles. The number of hydrogen-bond acceptors (Lipinski definition) is 3. The fraction of sp³-hybridized carbons (Fsp3) is 0.400. The lowest BCUT2D eigenvalue weighted by Gasteiger charge is -2.10. The molecular formula is C10H13FO3. The first-order chi connectivity index (χ1) is 6.71. The molecule has 1 aromatic carbocycles. The van der Waals surface area contributed by atoms with Crippen molar-refractivity contribution < 1.29 is 19.0 Å². The summed E-state index contributed by atoms with van der Waals surface area (Å²) in [6, 6.07) is 4.81. The van der Waals surface area contributed by atoms with Gasteiger partial charge in [0.2, 0.25) is 0 Å². The number of aliphatic hydroxyl groups excluding tert-OH is 1. The maximum Gasteiger partial charge on any atom is 0.122 e. The molecule has 3 nitrogen and oxygen atoms in total. The molecule has 1 atom stereocenters. The highest BCUT2D eigenvalue weighted by Gasteiger charge is 2.10. The van der Waals surface area contributed by atoms with Crippen molar-refractivity contribution in [1.29, 1.82) is 0 Å². The first-order valence-corrected chi connectivity index (χ1v) is 4.18. The summed E-state index contributed by atoms with van der Waals surface area (Å²) in [4.78, 5) is 0. The average molecular weight is 200 g/mol. The summed E-state index contributed by atoms with van der Waals surface area (Å²) in [7, 11) is 3.00. The zero-order chi connectivity index (χ0) is 10.6. The molecule has 14 heavy (non-hydrogen) atoms. The Morgan fingerprint density at radius 2 is 1.71 bits per heavy atom. The molecule has 0 heterocycles. The van der Waals surface area contributed by atoms with Crippen LogP contribution in [0.2, 0.25) is 0 Å². The molecule has 4 heteroatoms. The number of methoxy groups -OCH3 is 2. The van der Waals surface area contributed by atoms with Gasteiger partial charge >= 0.3 is 0 Å². The predicted molar refractivity (Wildman–Crippen MR) is 50.5 cm³/mol. The molecule has 1 aromatic rings. The summed E-state index contributed by atoms with van der Waals surface area (Å²) < 4.78 is 22.2. The highest BCUT2D eigenvalue weighted by atomic mass is 19.1. The number of halogens is 1. The van der Waals surface area contributed by atoms with Gasteiger partial charge in [-0.15, -0.1) is 0 Å². The number of hydrogen-bond donors (Lipinski definition) is 1. The maximum atomic E-state index is 12.2. The standard InChI is InChI=1S/C10H13FO3/c1-13-8-3-7(10(12)6-11)4-9(5-8)14-2/h3-5,10,12H,6H2,1-2H3. The van der Waals surface area contributed by atoms with Crippen LogP contribution in [0.1, 0.15) is 11.7 Å². The lowest BCUT2D eigenvalue weighted by Crippen LogP contribution is -2.00. The summed E-state index contributed by atoms with van der Waals surface area (Å²) >= 11 is 0. The van der Waals surface area contributed by atoms with Crippen LogP contribution in [0.5, 0.6) is 11.5 Å². The molecule has 0 spiro atoms. The molecule has 0 amide bonds. The van der Waals surface area contributed by atoms with Crippen LogP contribution in [0.25, 0.3) is 0 Å². The third kappa shape index (κ3) is 2.35. The summed E-state index contributed by atoms with van der Waals surface area (Å²) in [6.45, 7) is -0.823. The van der Waals surface area contributed by atoms with Gasteiger partial charge in [-0.1, -0.05) is 0 Å². The zero-order valence-electron chi connectivity index (χ0n) is 8.16. The Labute approximate surface area is 82.1 Å². The van der Waals surface area contributed by atoms with Crippen molar-refractivity contribution in [2.45, 2.75) is 6.10 Å². The van der Waals surface area contributed by atoms with Gasteiger partial charge in [-0.2, -0.15) is 0 Å². The molecule has 0 fully saturated rings. The minimum Gasteiger partial charge on any atom is -0.497 e. The predicted octanol–water partition coefficient (Wildman–Crippen LogP) is 1.71. The van der Waals surface area contributed by atoms with E-state index in [1.165, 1.54) is 14.2 Å². The van der Waals surface area contributed by atoms with E-state index >= 15 is 0 Å². The molecule has 0 aliphatic rings. The Kier molecular flexibility index (Phi) is 3.71. The van der Waals surface area contributed by atoms with Gasteiger partial charge in [0.1, 0.15) is 24.3 Å². The topological polar surface area (TPSA) is 38.7 Å². The lowest BCUT2D eigenvalue weighted by molar-refractivity contribution is 0.141. The normalized spacial score (nSPS) is 12.3. The van der Waals surface area contributed by atoms with Crippen LogP contribution in [0.15, 0.2) is 18.2 Å². The summed E-state index contributed by atoms with van der Waals surface area (Å²) in [5, 5.41) is 9.28. The number of benzene rings is 1. The summed E-state index contributed by atoms with van der Waals surface area (Å²) in [6.07, 6.45) is -1.13. The minimum atomic E-state index is -1.13. The van der Waals surface area contributed by atoms with Crippen LogP contribution in [0.4, 0.5) is 4.39 Å². The van der Waals surface area contributed by atoms with E-state index in [1.54, 1.807) is 18.2 Å². The number of alkyl halides is 1. The summed E-state index contributed by atoms with van der Waals surface area (Å²) in [5.74, 6) is 1.07. The molecular weight excluding hydrogens is 187 g/mol. The third-order valence-corrected chi connectivity index (χ3v) is 1.90. The van der Waals surface area contributed by atoms with E-state index in [4.69, 9.17) is 9.47 Å². The third-order valence-electron chi connectivity index (χ3n) is 1.90. The first-order valence-electron chi connectivity index (χ1n) is 4.18. The molecule has 0 aromatic heterocycles. The van der Waals surface area contributed by atoms with E-state index in [9.17, 15) is 9.50 Å². The van der Waals surface area contributed by atoms with Crippen LogP contribution in [-0.4, -0.2) is 26.0 Å². The molecule has 0 bridgehead atoms. The van der Waals surface area contributed by atoms with E-state index in [-0.39, 0.29) is 0 Å². The lowest BCUT2D eigenvalue weighted by atomic mass is 10.1. The Morgan fingerprint density at radius 3 is 2.07 bits per heavy atom. The van der Waals surface area contributed by atoms with Crippen molar-refractivity contribution in [3.63, 3.8) is 0 Å². The zero-order valence-corrected chi connectivity index (χ0v) is 8.16. The fourth-order valence-corrected chi connectivity index (χ4v) is 1.11. The van der Waals surface area contributed by atoms with Gasteiger partial charge in [-0.25, -0.2) is 4.39 Å². The van der Waals surface area contributed by atoms with Crippen molar-refractivity contribution in [3.05, 3.63) is 23.8 Å². The van der Waals surface area contributed by atoms with Gasteiger partial charge in [-0.05, 0) is 17.7 Å². The molecule has 1 rings (SSSR count). The van der Waals surface area contributed by atoms with Gasteiger partial charge < -0.3 is 14.6 Å². The maximum absolute atomic E-state index is 12.2. The fourth-order valence-electron chi connectivity index (χ4n) is 1.11. The second-order valence-electron chi connectivity index (χ2n) is 2.82.